The van der Waals surface area contributed by atoms with Crippen LogP contribution in [-0.4, -0.2) is 16.4 Å². The van der Waals surface area contributed by atoms with Gasteiger partial charge >= 0.3 is 0 Å². The molecular weight excluding hydrogens is 204 g/mol. The van der Waals surface area contributed by atoms with Crippen LogP contribution in [0.1, 0.15) is 12.8 Å². The van der Waals surface area contributed by atoms with Crippen LogP contribution in [0.4, 0.5) is 0 Å². The van der Waals surface area contributed by atoms with Crippen molar-refractivity contribution in [2.45, 2.75) is 18.9 Å². The quantitative estimate of drug-likeness (QED) is 0.565. The van der Waals surface area contributed by atoms with Crippen LogP contribution < -0.4 is 4.74 Å². The molecule has 2 rings (SSSR count). The molecule has 1 aromatic rings. The maximum Gasteiger partial charge on any atom is 0.161 e. The van der Waals surface area contributed by atoms with Gasteiger partial charge < -0.3 is 9.16 Å². The second kappa shape index (κ2) is 8.26. The molecule has 0 unspecified atom stereocenters. The van der Waals surface area contributed by atoms with Gasteiger partial charge in [0.05, 0.1) is 6.26 Å². The van der Waals surface area contributed by atoms with Crippen molar-refractivity contribution in [3.8, 4) is 5.75 Å². The number of para-hydroxylation sites is 1. The van der Waals surface area contributed by atoms with Gasteiger partial charge in [0.2, 0.25) is 0 Å². The van der Waals surface area contributed by atoms with Crippen molar-refractivity contribution in [1.82, 2.24) is 0 Å². The normalized spacial score (nSPS) is 16.3. The highest BCUT2D eigenvalue weighted by atomic mass is 28.2. The maximum absolute atomic E-state index is 5.21. The lowest BCUT2D eigenvalue weighted by molar-refractivity contribution is 0.304. The summed E-state index contributed by atoms with van der Waals surface area (Å²) < 4.78 is 10.2. The Kier molecular flexibility index (Phi) is 6.61. The summed E-state index contributed by atoms with van der Waals surface area (Å²) >= 11 is 0. The third kappa shape index (κ3) is 6.09. The standard InChI is InChI=1S/C8H8O.C4H10OSi/c1-2-9-8-6-4-3-5-7-8;1-2-4-6-5-3-1/h2-7H,1H2;1-4,6H2. The molecule has 0 saturated carbocycles. The molecule has 0 aliphatic carbocycles. The first-order valence-corrected chi connectivity index (χ1v) is 6.91. The number of rotatable bonds is 2. The zero-order valence-electron chi connectivity index (χ0n) is 9.02. The molecule has 0 spiro atoms. The Bertz CT molecular complexity index is 246. The minimum absolute atomic E-state index is 0.00849. The summed E-state index contributed by atoms with van der Waals surface area (Å²) in [5.41, 5.74) is 0. The lowest BCUT2D eigenvalue weighted by Crippen LogP contribution is -2.06. The van der Waals surface area contributed by atoms with Gasteiger partial charge in [-0.1, -0.05) is 31.2 Å². The molecule has 0 atom stereocenters. The van der Waals surface area contributed by atoms with E-state index in [1.54, 1.807) is 0 Å². The number of ether oxygens (including phenoxy) is 1. The van der Waals surface area contributed by atoms with Gasteiger partial charge in [0.25, 0.3) is 0 Å². The highest BCUT2D eigenvalue weighted by Gasteiger charge is 1.96. The van der Waals surface area contributed by atoms with E-state index in [2.05, 4.69) is 6.58 Å². The Morgan fingerprint density at radius 1 is 1.27 bits per heavy atom. The summed E-state index contributed by atoms with van der Waals surface area (Å²) in [5.74, 6) is 0.826. The molecule has 0 radical (unpaired) electrons. The molecule has 82 valence electrons. The maximum atomic E-state index is 5.21. The van der Waals surface area contributed by atoms with Gasteiger partial charge in [0, 0.05) is 6.61 Å². The van der Waals surface area contributed by atoms with Crippen LogP contribution in [0.3, 0.4) is 0 Å². The summed E-state index contributed by atoms with van der Waals surface area (Å²) in [6.07, 6.45) is 4.16. The molecule has 1 heterocycles. The molecule has 1 aliphatic heterocycles. The van der Waals surface area contributed by atoms with E-state index < -0.39 is 0 Å². The Labute approximate surface area is 93.9 Å². The van der Waals surface area contributed by atoms with Crippen LogP contribution in [0.2, 0.25) is 6.04 Å². The van der Waals surface area contributed by atoms with Crippen LogP contribution in [0.25, 0.3) is 0 Å². The SMILES string of the molecule is C1CC[SiH2]OC1.C=COc1ccccc1. The molecule has 3 heteroatoms. The smallest absolute Gasteiger partial charge is 0.161 e. The molecule has 15 heavy (non-hydrogen) atoms. The second-order valence-corrected chi connectivity index (χ2v) is 4.79. The average Bonchev–Trinajstić information content (AvgIpc) is 2.34. The monoisotopic (exact) mass is 222 g/mol. The van der Waals surface area contributed by atoms with Crippen molar-refractivity contribution in [2.75, 3.05) is 6.61 Å². The van der Waals surface area contributed by atoms with Gasteiger partial charge in [0.1, 0.15) is 5.75 Å². The van der Waals surface area contributed by atoms with Crippen molar-refractivity contribution >= 4 is 9.76 Å². The Hall–Kier alpha value is -1.06. The van der Waals surface area contributed by atoms with Crippen LogP contribution >= 0.6 is 0 Å². The fourth-order valence-corrected chi connectivity index (χ4v) is 2.45. The molecule has 0 N–H and O–H groups in total. The molecule has 0 amide bonds. The van der Waals surface area contributed by atoms with Crippen LogP contribution in [0.5, 0.6) is 5.75 Å². The molecular formula is C12H18O2Si. The highest BCUT2D eigenvalue weighted by Crippen LogP contribution is 2.07. The van der Waals surface area contributed by atoms with Crippen LogP contribution in [0, 0.1) is 0 Å². The van der Waals surface area contributed by atoms with Crippen molar-refractivity contribution in [2.24, 2.45) is 0 Å². The number of benzene rings is 1. The highest BCUT2D eigenvalue weighted by molar-refractivity contribution is 6.27. The van der Waals surface area contributed by atoms with E-state index in [1.807, 2.05) is 30.3 Å². The zero-order chi connectivity index (χ0) is 10.8. The Balaban J connectivity index is 0.000000162. The van der Waals surface area contributed by atoms with E-state index in [0.717, 1.165) is 12.4 Å². The van der Waals surface area contributed by atoms with Crippen LogP contribution in [-0.2, 0) is 4.43 Å². The van der Waals surface area contributed by atoms with Gasteiger partial charge in [-0.05, 0) is 24.6 Å². The Morgan fingerprint density at radius 2 is 2.07 bits per heavy atom. The first kappa shape index (κ1) is 12.0. The van der Waals surface area contributed by atoms with Crippen molar-refractivity contribution in [1.29, 1.82) is 0 Å². The van der Waals surface area contributed by atoms with Crippen molar-refractivity contribution in [3.63, 3.8) is 0 Å². The molecule has 1 saturated heterocycles. The molecule has 0 aromatic heterocycles. The van der Waals surface area contributed by atoms with E-state index in [-0.39, 0.29) is 9.76 Å². The number of hydrogen-bond donors (Lipinski definition) is 0. The number of hydrogen-bond acceptors (Lipinski definition) is 2. The predicted octanol–water partition coefficient (Wildman–Crippen LogP) is 2.51. The topological polar surface area (TPSA) is 18.5 Å². The summed E-state index contributed by atoms with van der Waals surface area (Å²) in [5, 5.41) is 0. The first-order chi connectivity index (χ1) is 7.43. The van der Waals surface area contributed by atoms with Crippen molar-refractivity contribution in [3.05, 3.63) is 43.2 Å². The summed E-state index contributed by atoms with van der Waals surface area (Å²) in [6.45, 7) is 4.50. The van der Waals surface area contributed by atoms with Gasteiger partial charge in [-0.15, -0.1) is 0 Å². The first-order valence-electron chi connectivity index (χ1n) is 5.34. The fourth-order valence-electron chi connectivity index (χ4n) is 1.28. The molecule has 1 fully saturated rings. The van der Waals surface area contributed by atoms with E-state index in [0.29, 0.717) is 0 Å². The third-order valence-electron chi connectivity index (χ3n) is 2.04. The largest absolute Gasteiger partial charge is 0.466 e. The van der Waals surface area contributed by atoms with E-state index in [1.165, 1.54) is 25.1 Å². The second-order valence-electron chi connectivity index (χ2n) is 3.27. The molecule has 1 aliphatic rings. The molecule has 1 aromatic carbocycles. The predicted molar refractivity (Wildman–Crippen MR) is 65.8 cm³/mol. The molecule has 2 nitrogen and oxygen atoms in total. The summed E-state index contributed by atoms with van der Waals surface area (Å²) in [4.78, 5) is 0. The lowest BCUT2D eigenvalue weighted by atomic mass is 10.3. The average molecular weight is 222 g/mol. The van der Waals surface area contributed by atoms with E-state index in [9.17, 15) is 0 Å². The minimum atomic E-state index is 0.00849. The Morgan fingerprint density at radius 3 is 2.47 bits per heavy atom. The third-order valence-corrected chi connectivity index (χ3v) is 3.41. The zero-order valence-corrected chi connectivity index (χ0v) is 10.4. The van der Waals surface area contributed by atoms with Gasteiger partial charge in [-0.25, -0.2) is 0 Å². The summed E-state index contributed by atoms with van der Waals surface area (Å²) in [7, 11) is 0.00849. The van der Waals surface area contributed by atoms with Gasteiger partial charge in [0.15, 0.2) is 9.76 Å². The van der Waals surface area contributed by atoms with Crippen molar-refractivity contribution < 1.29 is 9.16 Å². The van der Waals surface area contributed by atoms with Crippen LogP contribution in [0.15, 0.2) is 43.2 Å². The van der Waals surface area contributed by atoms with E-state index in [4.69, 9.17) is 9.16 Å². The van der Waals surface area contributed by atoms with Gasteiger partial charge in [-0.2, -0.15) is 0 Å². The lowest BCUT2D eigenvalue weighted by Gasteiger charge is -2.07. The summed E-state index contributed by atoms with van der Waals surface area (Å²) in [6, 6.07) is 10.9. The minimum Gasteiger partial charge on any atom is -0.466 e. The fraction of sp³-hybridized carbons (Fsp3) is 0.333. The van der Waals surface area contributed by atoms with Gasteiger partial charge in [-0.3, -0.25) is 0 Å². The van der Waals surface area contributed by atoms with E-state index >= 15 is 0 Å². The molecule has 0 bridgehead atoms.